The largest absolute Gasteiger partial charge is 0.361 e. The van der Waals surface area contributed by atoms with Crippen molar-refractivity contribution in [3.63, 3.8) is 0 Å². The van der Waals surface area contributed by atoms with Crippen LogP contribution in [-0.2, 0) is 19.5 Å². The van der Waals surface area contributed by atoms with Crippen LogP contribution in [0.2, 0.25) is 0 Å². The number of nitro groups is 1. The molecule has 4 heterocycles. The van der Waals surface area contributed by atoms with Crippen LogP contribution in [0.15, 0.2) is 53.6 Å². The first-order valence-corrected chi connectivity index (χ1v) is 9.59. The molecule has 0 fully saturated rings. The van der Waals surface area contributed by atoms with Gasteiger partial charge in [0, 0.05) is 43.7 Å². The van der Waals surface area contributed by atoms with Gasteiger partial charge in [0.1, 0.15) is 5.69 Å². The molecule has 2 N–H and O–H groups in total. The number of fused-ring (bicyclic) bond motifs is 2. The van der Waals surface area contributed by atoms with Gasteiger partial charge in [-0.1, -0.05) is 12.1 Å². The average molecular weight is 402 g/mol. The number of benzene rings is 1. The molecule has 1 aliphatic rings. The normalized spacial score (nSPS) is 14.0. The highest BCUT2D eigenvalue weighted by molar-refractivity contribution is 5.91. The molecule has 1 aromatic carbocycles. The van der Waals surface area contributed by atoms with E-state index in [2.05, 4.69) is 24.8 Å². The number of hydrogen-bond acceptors (Lipinski definition) is 6. The summed E-state index contributed by atoms with van der Waals surface area (Å²) in [5.41, 5.74) is 3.58. The molecule has 30 heavy (non-hydrogen) atoms. The number of nitro benzene ring substituents is 1. The van der Waals surface area contributed by atoms with Gasteiger partial charge in [0.05, 0.1) is 21.5 Å². The lowest BCUT2D eigenvalue weighted by Crippen LogP contribution is -2.35. The number of pyridine rings is 1. The molecule has 0 aliphatic carbocycles. The van der Waals surface area contributed by atoms with Gasteiger partial charge in [0.15, 0.2) is 5.82 Å². The molecule has 0 saturated carbocycles. The Kier molecular flexibility index (Phi) is 4.36. The maximum absolute atomic E-state index is 12.6. The second-order valence-corrected chi connectivity index (χ2v) is 7.29. The number of aromatic amines is 2. The number of hydrogen-bond donors (Lipinski definition) is 2. The molecular formula is C21H18N6O3. The van der Waals surface area contributed by atoms with E-state index in [9.17, 15) is 14.9 Å². The summed E-state index contributed by atoms with van der Waals surface area (Å²) < 4.78 is 0. The number of nitrogens with zero attached hydrogens (tertiary/aromatic N) is 4. The Morgan fingerprint density at radius 1 is 1.20 bits per heavy atom. The van der Waals surface area contributed by atoms with Gasteiger partial charge in [-0.3, -0.25) is 24.8 Å². The summed E-state index contributed by atoms with van der Waals surface area (Å²) in [5.74, 6) is 0.448. The standard InChI is InChI=1S/C21H18N6O3/c28-21-14-7-9-26(12-17(14)24-20(25-21)16-4-1-2-8-22-16)11-13-10-23-15-5-3-6-18(19(13)15)27(29)30/h1-6,8,10,23H,7,9,11-12H2,(H,24,25,28). The van der Waals surface area contributed by atoms with Crippen LogP contribution in [0.25, 0.3) is 22.4 Å². The van der Waals surface area contributed by atoms with E-state index in [1.165, 1.54) is 6.07 Å². The van der Waals surface area contributed by atoms with Gasteiger partial charge in [-0.25, -0.2) is 4.98 Å². The molecule has 0 amide bonds. The molecule has 9 nitrogen and oxygen atoms in total. The predicted molar refractivity (Wildman–Crippen MR) is 111 cm³/mol. The zero-order chi connectivity index (χ0) is 20.7. The summed E-state index contributed by atoms with van der Waals surface area (Å²) in [5, 5.41) is 12.1. The van der Waals surface area contributed by atoms with Crippen molar-refractivity contribution in [1.29, 1.82) is 0 Å². The maximum atomic E-state index is 12.6. The molecule has 1 aliphatic heterocycles. The van der Waals surface area contributed by atoms with Crippen molar-refractivity contribution in [2.45, 2.75) is 19.5 Å². The van der Waals surface area contributed by atoms with Gasteiger partial charge in [-0.15, -0.1) is 0 Å². The molecule has 0 saturated heterocycles. The second kappa shape index (κ2) is 7.20. The van der Waals surface area contributed by atoms with Crippen molar-refractivity contribution in [3.05, 3.63) is 86.1 Å². The first kappa shape index (κ1) is 18.2. The Morgan fingerprint density at radius 2 is 2.10 bits per heavy atom. The Labute approximate surface area is 170 Å². The van der Waals surface area contributed by atoms with Gasteiger partial charge in [0.2, 0.25) is 0 Å². The van der Waals surface area contributed by atoms with Crippen LogP contribution in [0, 0.1) is 10.1 Å². The fourth-order valence-electron chi connectivity index (χ4n) is 4.01. The number of non-ortho nitro benzene ring substituents is 1. The highest BCUT2D eigenvalue weighted by Gasteiger charge is 2.24. The van der Waals surface area contributed by atoms with Crippen LogP contribution < -0.4 is 5.56 Å². The summed E-state index contributed by atoms with van der Waals surface area (Å²) in [4.78, 5) is 40.7. The van der Waals surface area contributed by atoms with Crippen molar-refractivity contribution in [2.24, 2.45) is 0 Å². The monoisotopic (exact) mass is 402 g/mol. The highest BCUT2D eigenvalue weighted by Crippen LogP contribution is 2.30. The van der Waals surface area contributed by atoms with Crippen molar-refractivity contribution in [2.75, 3.05) is 6.54 Å². The van der Waals surface area contributed by atoms with Crippen LogP contribution in [0.4, 0.5) is 5.69 Å². The first-order chi connectivity index (χ1) is 14.6. The molecule has 5 rings (SSSR count). The van der Waals surface area contributed by atoms with Crippen molar-refractivity contribution < 1.29 is 4.92 Å². The molecule has 9 heteroatoms. The quantitative estimate of drug-likeness (QED) is 0.400. The Morgan fingerprint density at radius 3 is 2.90 bits per heavy atom. The third-order valence-electron chi connectivity index (χ3n) is 5.42. The second-order valence-electron chi connectivity index (χ2n) is 7.29. The van der Waals surface area contributed by atoms with E-state index in [1.54, 1.807) is 18.3 Å². The molecule has 3 aromatic heterocycles. The van der Waals surface area contributed by atoms with Crippen molar-refractivity contribution in [3.8, 4) is 11.5 Å². The minimum absolute atomic E-state index is 0.0909. The lowest BCUT2D eigenvalue weighted by Gasteiger charge is -2.27. The maximum Gasteiger partial charge on any atom is 0.279 e. The Hall–Kier alpha value is -3.85. The molecule has 0 bridgehead atoms. The Bertz CT molecular complexity index is 1310. The van der Waals surface area contributed by atoms with Gasteiger partial charge in [-0.05, 0) is 30.2 Å². The van der Waals surface area contributed by atoms with Gasteiger partial charge < -0.3 is 9.97 Å². The molecule has 0 spiro atoms. The van der Waals surface area contributed by atoms with E-state index in [-0.39, 0.29) is 16.2 Å². The number of rotatable bonds is 4. The van der Waals surface area contributed by atoms with Gasteiger partial charge in [-0.2, -0.15) is 0 Å². The minimum atomic E-state index is -0.356. The zero-order valence-corrected chi connectivity index (χ0v) is 16.0. The van der Waals surface area contributed by atoms with E-state index in [1.807, 2.05) is 24.4 Å². The van der Waals surface area contributed by atoms with E-state index in [0.717, 1.165) is 16.8 Å². The number of nitrogens with one attached hydrogen (secondary N) is 2. The number of H-pyrrole nitrogens is 2. The summed E-state index contributed by atoms with van der Waals surface area (Å²) in [6.07, 6.45) is 4.05. The van der Waals surface area contributed by atoms with Crippen molar-refractivity contribution >= 4 is 16.6 Å². The lowest BCUT2D eigenvalue weighted by atomic mass is 10.0. The van der Waals surface area contributed by atoms with Crippen LogP contribution in [-0.4, -0.2) is 36.3 Å². The highest BCUT2D eigenvalue weighted by atomic mass is 16.6. The molecule has 4 aromatic rings. The predicted octanol–water partition coefficient (Wildman–Crippen LogP) is 2.78. The van der Waals surface area contributed by atoms with Gasteiger partial charge in [0.25, 0.3) is 11.2 Å². The fourth-order valence-corrected chi connectivity index (χ4v) is 4.01. The summed E-state index contributed by atoms with van der Waals surface area (Å²) in [6.45, 7) is 1.69. The molecule has 0 atom stereocenters. The molecule has 0 radical (unpaired) electrons. The van der Waals surface area contributed by atoms with E-state index < -0.39 is 0 Å². The smallest absolute Gasteiger partial charge is 0.279 e. The summed E-state index contributed by atoms with van der Waals surface area (Å²) >= 11 is 0. The molecule has 150 valence electrons. The molecular weight excluding hydrogens is 384 g/mol. The third-order valence-corrected chi connectivity index (χ3v) is 5.42. The van der Waals surface area contributed by atoms with E-state index in [0.29, 0.717) is 48.5 Å². The van der Waals surface area contributed by atoms with Crippen LogP contribution in [0.1, 0.15) is 16.8 Å². The van der Waals surface area contributed by atoms with E-state index in [4.69, 9.17) is 0 Å². The summed E-state index contributed by atoms with van der Waals surface area (Å²) in [7, 11) is 0. The average Bonchev–Trinajstić information content (AvgIpc) is 3.17. The van der Waals surface area contributed by atoms with Crippen LogP contribution >= 0.6 is 0 Å². The first-order valence-electron chi connectivity index (χ1n) is 9.59. The molecule has 0 unspecified atom stereocenters. The lowest BCUT2D eigenvalue weighted by molar-refractivity contribution is -0.383. The van der Waals surface area contributed by atoms with Crippen molar-refractivity contribution in [1.82, 2.24) is 24.8 Å². The van der Waals surface area contributed by atoms with Crippen LogP contribution in [0.5, 0.6) is 0 Å². The number of aromatic nitrogens is 4. The van der Waals surface area contributed by atoms with Crippen LogP contribution in [0.3, 0.4) is 0 Å². The fraction of sp³-hybridized carbons (Fsp3) is 0.190. The topological polar surface area (TPSA) is 121 Å². The zero-order valence-electron chi connectivity index (χ0n) is 16.0. The summed E-state index contributed by atoms with van der Waals surface area (Å²) in [6, 6.07) is 10.5. The SMILES string of the molecule is O=c1[nH]c(-c2ccccn2)nc2c1CCN(Cc1c[nH]c3cccc([N+](=O)[O-])c13)C2. The van der Waals surface area contributed by atoms with Gasteiger partial charge >= 0.3 is 0 Å². The minimum Gasteiger partial charge on any atom is -0.361 e. The Balaban J connectivity index is 1.47. The third kappa shape index (κ3) is 3.15. The van der Waals surface area contributed by atoms with E-state index >= 15 is 0 Å².